The molecule has 0 N–H and O–H groups in total. The Morgan fingerprint density at radius 1 is 1.39 bits per heavy atom. The summed E-state index contributed by atoms with van der Waals surface area (Å²) < 4.78 is 18.9. The standard InChI is InChI=1S/C15H18ClFO/c1-3-5-12(2)11-18-15-9-13(6-4-7-16)8-14(17)10-15/h8-10,12H,3,5,7,11H2,1-2H3. The van der Waals surface area contributed by atoms with E-state index in [9.17, 15) is 4.39 Å². The van der Waals surface area contributed by atoms with Crippen molar-refractivity contribution in [3.8, 4) is 17.6 Å². The fourth-order valence-electron chi connectivity index (χ4n) is 1.67. The zero-order chi connectivity index (χ0) is 13.4. The topological polar surface area (TPSA) is 9.23 Å². The molecule has 98 valence electrons. The van der Waals surface area contributed by atoms with Crippen LogP contribution in [0.15, 0.2) is 18.2 Å². The predicted molar refractivity (Wildman–Crippen MR) is 73.6 cm³/mol. The Labute approximate surface area is 113 Å². The number of hydrogen-bond acceptors (Lipinski definition) is 1. The first-order chi connectivity index (χ1) is 8.65. The highest BCUT2D eigenvalue weighted by Crippen LogP contribution is 2.17. The first kappa shape index (κ1) is 14.9. The maximum atomic E-state index is 13.3. The Bertz CT molecular complexity index is 434. The van der Waals surface area contributed by atoms with Crippen LogP contribution in [0.1, 0.15) is 32.3 Å². The second-order valence-electron chi connectivity index (χ2n) is 4.32. The molecule has 1 aromatic rings. The monoisotopic (exact) mass is 268 g/mol. The highest BCUT2D eigenvalue weighted by atomic mass is 35.5. The average Bonchev–Trinajstić information content (AvgIpc) is 2.34. The molecule has 3 heteroatoms. The summed E-state index contributed by atoms with van der Waals surface area (Å²) in [6, 6.07) is 4.49. The lowest BCUT2D eigenvalue weighted by Crippen LogP contribution is -2.08. The van der Waals surface area contributed by atoms with E-state index in [4.69, 9.17) is 16.3 Å². The maximum Gasteiger partial charge on any atom is 0.128 e. The van der Waals surface area contributed by atoms with E-state index in [1.165, 1.54) is 12.1 Å². The zero-order valence-electron chi connectivity index (χ0n) is 10.8. The lowest BCUT2D eigenvalue weighted by Gasteiger charge is -2.12. The molecule has 0 bridgehead atoms. The Hall–Kier alpha value is -1.20. The van der Waals surface area contributed by atoms with Gasteiger partial charge in [-0.05, 0) is 24.5 Å². The minimum Gasteiger partial charge on any atom is -0.493 e. The van der Waals surface area contributed by atoms with E-state index in [0.717, 1.165) is 12.8 Å². The van der Waals surface area contributed by atoms with Crippen molar-refractivity contribution >= 4 is 11.6 Å². The molecule has 0 saturated carbocycles. The zero-order valence-corrected chi connectivity index (χ0v) is 11.6. The maximum absolute atomic E-state index is 13.3. The number of ether oxygens (including phenoxy) is 1. The van der Waals surface area contributed by atoms with Gasteiger partial charge in [0.15, 0.2) is 0 Å². The van der Waals surface area contributed by atoms with E-state index in [0.29, 0.717) is 23.8 Å². The molecule has 0 spiro atoms. The molecular weight excluding hydrogens is 251 g/mol. The van der Waals surface area contributed by atoms with E-state index in [2.05, 4.69) is 25.7 Å². The second-order valence-corrected chi connectivity index (χ2v) is 4.58. The van der Waals surface area contributed by atoms with Crippen LogP contribution in [0.5, 0.6) is 5.75 Å². The molecule has 1 unspecified atom stereocenters. The van der Waals surface area contributed by atoms with E-state index >= 15 is 0 Å². The molecule has 1 rings (SSSR count). The van der Waals surface area contributed by atoms with E-state index in [1.54, 1.807) is 6.07 Å². The van der Waals surface area contributed by atoms with E-state index < -0.39 is 0 Å². The minimum atomic E-state index is -0.338. The number of rotatable bonds is 5. The van der Waals surface area contributed by atoms with Gasteiger partial charge in [0.05, 0.1) is 12.5 Å². The molecule has 0 fully saturated rings. The summed E-state index contributed by atoms with van der Waals surface area (Å²) in [4.78, 5) is 0. The van der Waals surface area contributed by atoms with Crippen molar-refractivity contribution in [1.82, 2.24) is 0 Å². The van der Waals surface area contributed by atoms with Crippen molar-refractivity contribution in [2.24, 2.45) is 5.92 Å². The Morgan fingerprint density at radius 3 is 2.83 bits per heavy atom. The lowest BCUT2D eigenvalue weighted by molar-refractivity contribution is 0.250. The highest BCUT2D eigenvalue weighted by Gasteiger charge is 2.04. The van der Waals surface area contributed by atoms with Gasteiger partial charge in [0.1, 0.15) is 11.6 Å². The van der Waals surface area contributed by atoms with Crippen molar-refractivity contribution in [1.29, 1.82) is 0 Å². The van der Waals surface area contributed by atoms with Crippen molar-refractivity contribution < 1.29 is 9.13 Å². The quantitative estimate of drug-likeness (QED) is 0.574. The third-order valence-electron chi connectivity index (χ3n) is 2.49. The number of benzene rings is 1. The molecule has 0 radical (unpaired) electrons. The van der Waals surface area contributed by atoms with Crippen LogP contribution in [0, 0.1) is 23.6 Å². The fraction of sp³-hybridized carbons (Fsp3) is 0.467. The first-order valence-corrected chi connectivity index (χ1v) is 6.67. The smallest absolute Gasteiger partial charge is 0.128 e. The first-order valence-electron chi connectivity index (χ1n) is 6.14. The predicted octanol–water partition coefficient (Wildman–Crippen LogP) is 4.23. The molecular formula is C15H18ClFO. The van der Waals surface area contributed by atoms with E-state index in [-0.39, 0.29) is 11.7 Å². The Balaban J connectivity index is 2.68. The summed E-state index contributed by atoms with van der Waals surface area (Å²) in [6.07, 6.45) is 2.23. The number of alkyl halides is 1. The van der Waals surface area contributed by atoms with Gasteiger partial charge in [0.2, 0.25) is 0 Å². The summed E-state index contributed by atoms with van der Waals surface area (Å²) in [5, 5.41) is 0. The number of hydrogen-bond donors (Lipinski definition) is 0. The van der Waals surface area contributed by atoms with Crippen LogP contribution in [-0.2, 0) is 0 Å². The summed E-state index contributed by atoms with van der Waals surface area (Å²) >= 11 is 5.47. The van der Waals surface area contributed by atoms with Gasteiger partial charge in [0.25, 0.3) is 0 Å². The van der Waals surface area contributed by atoms with Gasteiger partial charge in [-0.1, -0.05) is 32.1 Å². The summed E-state index contributed by atoms with van der Waals surface area (Å²) in [5.41, 5.74) is 0.591. The summed E-state index contributed by atoms with van der Waals surface area (Å²) in [6.45, 7) is 4.86. The molecule has 0 aliphatic carbocycles. The van der Waals surface area contributed by atoms with Gasteiger partial charge >= 0.3 is 0 Å². The van der Waals surface area contributed by atoms with Crippen molar-refractivity contribution in [2.75, 3.05) is 12.5 Å². The average molecular weight is 269 g/mol. The van der Waals surface area contributed by atoms with Crippen LogP contribution >= 0.6 is 11.6 Å². The molecule has 1 atom stereocenters. The van der Waals surface area contributed by atoms with Crippen LogP contribution in [0.3, 0.4) is 0 Å². The summed E-state index contributed by atoms with van der Waals surface area (Å²) in [5.74, 6) is 6.37. The third kappa shape index (κ3) is 5.42. The van der Waals surface area contributed by atoms with Crippen molar-refractivity contribution in [3.05, 3.63) is 29.6 Å². The van der Waals surface area contributed by atoms with Gasteiger partial charge < -0.3 is 4.74 Å². The molecule has 0 amide bonds. The Kier molecular flexibility index (Phi) is 6.60. The minimum absolute atomic E-state index is 0.236. The highest BCUT2D eigenvalue weighted by molar-refractivity contribution is 6.19. The Morgan fingerprint density at radius 2 is 2.17 bits per heavy atom. The third-order valence-corrected chi connectivity index (χ3v) is 2.62. The molecule has 0 heterocycles. The van der Waals surface area contributed by atoms with Gasteiger partial charge in [0, 0.05) is 11.6 Å². The van der Waals surface area contributed by atoms with Crippen LogP contribution < -0.4 is 4.74 Å². The van der Waals surface area contributed by atoms with Gasteiger partial charge in [-0.3, -0.25) is 0 Å². The van der Waals surface area contributed by atoms with Crippen LogP contribution in [0.2, 0.25) is 0 Å². The van der Waals surface area contributed by atoms with E-state index in [1.807, 2.05) is 0 Å². The van der Waals surface area contributed by atoms with Crippen LogP contribution in [0.25, 0.3) is 0 Å². The van der Waals surface area contributed by atoms with Crippen molar-refractivity contribution in [3.63, 3.8) is 0 Å². The van der Waals surface area contributed by atoms with Gasteiger partial charge in [-0.2, -0.15) is 0 Å². The molecule has 0 aromatic heterocycles. The van der Waals surface area contributed by atoms with Crippen molar-refractivity contribution in [2.45, 2.75) is 26.7 Å². The van der Waals surface area contributed by atoms with Gasteiger partial charge in [-0.15, -0.1) is 11.6 Å². The normalized spacial score (nSPS) is 11.6. The second kappa shape index (κ2) is 8.00. The molecule has 0 aliphatic rings. The molecule has 1 aromatic carbocycles. The largest absolute Gasteiger partial charge is 0.493 e. The molecule has 0 aliphatic heterocycles. The summed E-state index contributed by atoms with van der Waals surface area (Å²) in [7, 11) is 0. The lowest BCUT2D eigenvalue weighted by atomic mass is 10.1. The van der Waals surface area contributed by atoms with Crippen LogP contribution in [-0.4, -0.2) is 12.5 Å². The fourth-order valence-corrected chi connectivity index (χ4v) is 1.74. The molecule has 0 saturated heterocycles. The molecule has 1 nitrogen and oxygen atoms in total. The molecule has 18 heavy (non-hydrogen) atoms. The van der Waals surface area contributed by atoms with Crippen LogP contribution in [0.4, 0.5) is 4.39 Å². The van der Waals surface area contributed by atoms with Gasteiger partial charge in [-0.25, -0.2) is 4.39 Å². The number of halogens is 2. The SMILES string of the molecule is CCCC(C)COc1cc(F)cc(C#CCCl)c1.